The predicted octanol–water partition coefficient (Wildman–Crippen LogP) is 1.51. The van der Waals surface area contributed by atoms with Crippen LogP contribution in [0.15, 0.2) is 6.07 Å². The van der Waals surface area contributed by atoms with E-state index in [0.717, 1.165) is 26.1 Å². The van der Waals surface area contributed by atoms with Crippen molar-refractivity contribution in [1.82, 2.24) is 20.0 Å². The molecule has 1 rings (SSSR count). The molecular weight excluding hydrogens is 286 g/mol. The summed E-state index contributed by atoms with van der Waals surface area (Å²) in [6.45, 7) is 11.1. The molecule has 0 spiro atoms. The van der Waals surface area contributed by atoms with Crippen LogP contribution in [0.4, 0.5) is 5.82 Å². The van der Waals surface area contributed by atoms with E-state index in [1.807, 2.05) is 0 Å². The Bertz CT molecular complexity index is 511. The highest BCUT2D eigenvalue weighted by molar-refractivity contribution is 5.79. The fraction of sp³-hybridized carbons (Fsp3) is 0.714. The van der Waals surface area contributed by atoms with E-state index in [-0.39, 0.29) is 11.7 Å². The first kappa shape index (κ1) is 18.1. The number of aryl methyl sites for hydroxylation is 1. The van der Waals surface area contributed by atoms with Gasteiger partial charge in [-0.05, 0) is 44.8 Å². The first-order valence-electron chi connectivity index (χ1n) is 7.61. The SMILES string of the molecule is CCN(CC)CCCNC(=O)C(C)n1nc([N+](=O)[O-])cc1C. The molecule has 22 heavy (non-hydrogen) atoms. The highest BCUT2D eigenvalue weighted by Gasteiger charge is 2.24. The Morgan fingerprint density at radius 3 is 2.64 bits per heavy atom. The van der Waals surface area contributed by atoms with Gasteiger partial charge in [-0.2, -0.15) is 4.68 Å². The third-order valence-corrected chi connectivity index (χ3v) is 3.69. The van der Waals surface area contributed by atoms with Gasteiger partial charge in [0.1, 0.15) is 6.04 Å². The predicted molar refractivity (Wildman–Crippen MR) is 83.7 cm³/mol. The van der Waals surface area contributed by atoms with Crippen molar-refractivity contribution >= 4 is 11.7 Å². The van der Waals surface area contributed by atoms with Crippen molar-refractivity contribution in [2.45, 2.75) is 40.2 Å². The summed E-state index contributed by atoms with van der Waals surface area (Å²) < 4.78 is 1.39. The summed E-state index contributed by atoms with van der Waals surface area (Å²) >= 11 is 0. The molecule has 0 aromatic carbocycles. The normalized spacial score (nSPS) is 12.4. The minimum absolute atomic E-state index is 0.180. The molecule has 8 heteroatoms. The number of hydrogen-bond donors (Lipinski definition) is 1. The van der Waals surface area contributed by atoms with Crippen LogP contribution in [-0.4, -0.2) is 51.7 Å². The second-order valence-corrected chi connectivity index (χ2v) is 5.19. The van der Waals surface area contributed by atoms with Gasteiger partial charge in [0.05, 0.1) is 16.9 Å². The molecule has 1 aromatic heterocycles. The van der Waals surface area contributed by atoms with Crippen molar-refractivity contribution in [2.24, 2.45) is 0 Å². The van der Waals surface area contributed by atoms with Gasteiger partial charge in [0.15, 0.2) is 0 Å². The molecule has 0 aliphatic rings. The van der Waals surface area contributed by atoms with Gasteiger partial charge in [0.2, 0.25) is 5.91 Å². The Kier molecular flexibility index (Phi) is 6.97. The van der Waals surface area contributed by atoms with Crippen LogP contribution in [0.3, 0.4) is 0 Å². The van der Waals surface area contributed by atoms with Crippen LogP contribution in [0.1, 0.15) is 38.9 Å². The van der Waals surface area contributed by atoms with Gasteiger partial charge in [-0.15, -0.1) is 0 Å². The molecule has 124 valence electrons. The van der Waals surface area contributed by atoms with Crippen molar-refractivity contribution in [3.05, 3.63) is 21.9 Å². The highest BCUT2D eigenvalue weighted by Crippen LogP contribution is 2.15. The molecule has 0 radical (unpaired) electrons. The molecule has 1 aromatic rings. The Morgan fingerprint density at radius 1 is 1.50 bits per heavy atom. The maximum absolute atomic E-state index is 12.1. The number of nitro groups is 1. The molecular formula is C14H25N5O3. The van der Waals surface area contributed by atoms with Crippen LogP contribution in [0.5, 0.6) is 0 Å². The molecule has 0 bridgehead atoms. The number of carbonyl (C=O) groups is 1. The lowest BCUT2D eigenvalue weighted by atomic mass is 10.3. The van der Waals surface area contributed by atoms with E-state index in [4.69, 9.17) is 0 Å². The van der Waals surface area contributed by atoms with E-state index in [1.54, 1.807) is 13.8 Å². The third-order valence-electron chi connectivity index (χ3n) is 3.69. The van der Waals surface area contributed by atoms with Crippen molar-refractivity contribution in [3.63, 3.8) is 0 Å². The van der Waals surface area contributed by atoms with E-state index >= 15 is 0 Å². The van der Waals surface area contributed by atoms with E-state index in [9.17, 15) is 14.9 Å². The van der Waals surface area contributed by atoms with E-state index in [0.29, 0.717) is 12.2 Å². The van der Waals surface area contributed by atoms with Crippen molar-refractivity contribution in [2.75, 3.05) is 26.2 Å². The summed E-state index contributed by atoms with van der Waals surface area (Å²) in [5, 5.41) is 17.4. The van der Waals surface area contributed by atoms with Crippen LogP contribution < -0.4 is 5.32 Å². The van der Waals surface area contributed by atoms with E-state index in [1.165, 1.54) is 10.7 Å². The topological polar surface area (TPSA) is 93.3 Å². The molecule has 1 atom stereocenters. The van der Waals surface area contributed by atoms with Gasteiger partial charge in [0.25, 0.3) is 0 Å². The molecule has 0 aliphatic carbocycles. The maximum atomic E-state index is 12.1. The first-order chi connectivity index (χ1) is 10.4. The van der Waals surface area contributed by atoms with Gasteiger partial charge in [0, 0.05) is 6.54 Å². The quantitative estimate of drug-likeness (QED) is 0.424. The van der Waals surface area contributed by atoms with Crippen molar-refractivity contribution in [1.29, 1.82) is 0 Å². The van der Waals surface area contributed by atoms with Crippen molar-refractivity contribution < 1.29 is 9.72 Å². The first-order valence-corrected chi connectivity index (χ1v) is 7.61. The molecule has 0 aliphatic heterocycles. The van der Waals surface area contributed by atoms with E-state index in [2.05, 4.69) is 29.2 Å². The molecule has 1 unspecified atom stereocenters. The Labute approximate surface area is 130 Å². The summed E-state index contributed by atoms with van der Waals surface area (Å²) in [4.78, 5) is 24.5. The summed E-state index contributed by atoms with van der Waals surface area (Å²) in [5.74, 6) is -0.417. The number of aromatic nitrogens is 2. The summed E-state index contributed by atoms with van der Waals surface area (Å²) in [6, 6.07) is 0.798. The smallest absolute Gasteiger partial charge is 0.358 e. The zero-order valence-electron chi connectivity index (χ0n) is 13.7. The minimum atomic E-state index is -0.567. The standard InChI is InChI=1S/C14H25N5O3/c1-5-17(6-2)9-7-8-15-14(20)12(4)18-11(3)10-13(16-18)19(21)22/h10,12H,5-9H2,1-4H3,(H,15,20). The third kappa shape index (κ3) is 4.80. The van der Waals surface area contributed by atoms with E-state index < -0.39 is 11.0 Å². The largest absolute Gasteiger partial charge is 0.390 e. The zero-order valence-corrected chi connectivity index (χ0v) is 13.7. The lowest BCUT2D eigenvalue weighted by molar-refractivity contribution is -0.389. The summed E-state index contributed by atoms with van der Waals surface area (Å²) in [6.07, 6.45) is 0.873. The van der Waals surface area contributed by atoms with Crippen LogP contribution in [0.2, 0.25) is 0 Å². The molecule has 0 saturated heterocycles. The average molecular weight is 311 g/mol. The second-order valence-electron chi connectivity index (χ2n) is 5.19. The maximum Gasteiger partial charge on any atom is 0.390 e. The monoisotopic (exact) mass is 311 g/mol. The molecule has 1 amide bonds. The number of hydrogen-bond acceptors (Lipinski definition) is 5. The van der Waals surface area contributed by atoms with Crippen molar-refractivity contribution in [3.8, 4) is 0 Å². The van der Waals surface area contributed by atoms with Gasteiger partial charge < -0.3 is 20.3 Å². The number of nitrogens with one attached hydrogen (secondary N) is 1. The van der Waals surface area contributed by atoms with Crippen LogP contribution in [0.25, 0.3) is 0 Å². The fourth-order valence-electron chi connectivity index (χ4n) is 2.27. The minimum Gasteiger partial charge on any atom is -0.358 e. The number of rotatable bonds is 9. The number of amides is 1. The lowest BCUT2D eigenvalue weighted by Crippen LogP contribution is -2.34. The van der Waals surface area contributed by atoms with Gasteiger partial charge in [-0.3, -0.25) is 4.79 Å². The Hall–Kier alpha value is -1.96. The average Bonchev–Trinajstić information content (AvgIpc) is 2.88. The molecule has 1 N–H and O–H groups in total. The summed E-state index contributed by atoms with van der Waals surface area (Å²) in [7, 11) is 0. The van der Waals surface area contributed by atoms with Crippen LogP contribution in [0, 0.1) is 17.0 Å². The lowest BCUT2D eigenvalue weighted by Gasteiger charge is -2.18. The Balaban J connectivity index is 2.50. The number of carbonyl (C=O) groups excluding carboxylic acids is 1. The van der Waals surface area contributed by atoms with Crippen LogP contribution >= 0.6 is 0 Å². The van der Waals surface area contributed by atoms with Crippen LogP contribution in [-0.2, 0) is 4.79 Å². The summed E-state index contributed by atoms with van der Waals surface area (Å²) in [5.41, 5.74) is 0.595. The van der Waals surface area contributed by atoms with Gasteiger partial charge in [-0.1, -0.05) is 13.8 Å². The van der Waals surface area contributed by atoms with Gasteiger partial charge >= 0.3 is 5.82 Å². The zero-order chi connectivity index (χ0) is 16.7. The molecule has 1 heterocycles. The van der Waals surface area contributed by atoms with Gasteiger partial charge in [-0.25, -0.2) is 0 Å². The molecule has 0 fully saturated rings. The highest BCUT2D eigenvalue weighted by atomic mass is 16.6. The second kappa shape index (κ2) is 8.47. The fourth-order valence-corrected chi connectivity index (χ4v) is 2.27. The molecule has 0 saturated carbocycles. The number of nitrogens with zero attached hydrogens (tertiary/aromatic N) is 4. The molecule has 8 nitrogen and oxygen atoms in total. The Morgan fingerprint density at radius 2 is 2.14 bits per heavy atom.